The van der Waals surface area contributed by atoms with Crippen LogP contribution in [0.3, 0.4) is 0 Å². The van der Waals surface area contributed by atoms with Crippen molar-refractivity contribution in [2.75, 3.05) is 12.4 Å². The maximum absolute atomic E-state index is 12.5. The highest BCUT2D eigenvalue weighted by Crippen LogP contribution is 2.23. The number of ether oxygens (including phenoxy) is 1. The van der Waals surface area contributed by atoms with Gasteiger partial charge in [0.05, 0.1) is 19.2 Å². The van der Waals surface area contributed by atoms with Crippen molar-refractivity contribution < 1.29 is 14.3 Å². The van der Waals surface area contributed by atoms with Crippen LogP contribution in [0.15, 0.2) is 48.5 Å². The molecule has 0 aliphatic heterocycles. The van der Waals surface area contributed by atoms with Crippen LogP contribution in [0.2, 0.25) is 0 Å². The molecular weight excluding hydrogens is 398 g/mol. The van der Waals surface area contributed by atoms with Crippen molar-refractivity contribution in [2.45, 2.75) is 84.0 Å². The third kappa shape index (κ3) is 9.67. The van der Waals surface area contributed by atoms with Crippen molar-refractivity contribution in [3.63, 3.8) is 0 Å². The number of rotatable bonds is 16. The molecule has 174 valence electrons. The van der Waals surface area contributed by atoms with E-state index in [1.165, 1.54) is 69.8 Å². The van der Waals surface area contributed by atoms with Crippen molar-refractivity contribution in [3.05, 3.63) is 59.7 Å². The molecule has 0 aromatic heterocycles. The molecule has 32 heavy (non-hydrogen) atoms. The Balaban J connectivity index is 1.65. The van der Waals surface area contributed by atoms with Crippen molar-refractivity contribution in [2.24, 2.45) is 0 Å². The fourth-order valence-electron chi connectivity index (χ4n) is 3.86. The zero-order chi connectivity index (χ0) is 23.0. The molecule has 0 aliphatic rings. The van der Waals surface area contributed by atoms with Crippen LogP contribution < -0.4 is 10.1 Å². The van der Waals surface area contributed by atoms with Gasteiger partial charge in [-0.1, -0.05) is 101 Å². The highest BCUT2D eigenvalue weighted by atomic mass is 16.5. The van der Waals surface area contributed by atoms with Gasteiger partial charge >= 0.3 is 0 Å². The zero-order valence-electron chi connectivity index (χ0n) is 19.8. The maximum atomic E-state index is 12.5. The molecular formula is C28H39NO3. The molecule has 0 spiro atoms. The van der Waals surface area contributed by atoms with Crippen LogP contribution in [0.4, 0.5) is 5.69 Å². The number of para-hydroxylation sites is 2. The average Bonchev–Trinajstić information content (AvgIpc) is 2.81. The van der Waals surface area contributed by atoms with E-state index in [2.05, 4.69) is 12.2 Å². The van der Waals surface area contributed by atoms with Crippen molar-refractivity contribution >= 4 is 17.4 Å². The molecule has 0 heterocycles. The van der Waals surface area contributed by atoms with Gasteiger partial charge in [0, 0.05) is 5.56 Å². The first-order valence-electron chi connectivity index (χ1n) is 12.2. The molecule has 4 nitrogen and oxygen atoms in total. The minimum atomic E-state index is -0.339. The molecule has 0 atom stereocenters. The van der Waals surface area contributed by atoms with Gasteiger partial charge in [0.2, 0.25) is 5.91 Å². The molecule has 2 aromatic carbocycles. The molecule has 1 N–H and O–H groups in total. The lowest BCUT2D eigenvalue weighted by Crippen LogP contribution is -2.17. The summed E-state index contributed by atoms with van der Waals surface area (Å²) in [5.41, 5.74) is 2.39. The van der Waals surface area contributed by atoms with Gasteiger partial charge in [-0.15, -0.1) is 0 Å². The van der Waals surface area contributed by atoms with Gasteiger partial charge in [0.1, 0.15) is 5.75 Å². The van der Waals surface area contributed by atoms with E-state index in [0.29, 0.717) is 17.0 Å². The fourth-order valence-corrected chi connectivity index (χ4v) is 3.86. The Morgan fingerprint density at radius 2 is 1.38 bits per heavy atom. The maximum Gasteiger partial charge on any atom is 0.232 e. The molecule has 2 rings (SSSR count). The summed E-state index contributed by atoms with van der Waals surface area (Å²) in [6.07, 6.45) is 14.2. The Kier molecular flexibility index (Phi) is 12.2. The lowest BCUT2D eigenvalue weighted by atomic mass is 10.0. The number of benzene rings is 2. The van der Waals surface area contributed by atoms with Crippen LogP contribution in [-0.2, 0) is 11.2 Å². The normalized spacial score (nSPS) is 10.7. The van der Waals surface area contributed by atoms with Gasteiger partial charge in [-0.25, -0.2) is 0 Å². The van der Waals surface area contributed by atoms with Crippen molar-refractivity contribution in [1.29, 1.82) is 0 Å². The Labute approximate surface area is 193 Å². The molecule has 0 radical (unpaired) electrons. The number of carbonyl (C=O) groups excluding carboxylic acids is 2. The summed E-state index contributed by atoms with van der Waals surface area (Å²) in [5, 5.41) is 2.75. The van der Waals surface area contributed by atoms with Crippen LogP contribution in [0.5, 0.6) is 5.75 Å². The Hall–Kier alpha value is -2.62. The molecule has 2 aromatic rings. The van der Waals surface area contributed by atoms with Gasteiger partial charge in [-0.3, -0.25) is 9.59 Å². The third-order valence-corrected chi connectivity index (χ3v) is 5.80. The second kappa shape index (κ2) is 15.2. The summed E-state index contributed by atoms with van der Waals surface area (Å²) in [4.78, 5) is 24.7. The van der Waals surface area contributed by atoms with Crippen LogP contribution in [0.25, 0.3) is 0 Å². The first kappa shape index (κ1) is 25.6. The number of aryl methyl sites for hydroxylation is 1. The minimum Gasteiger partial charge on any atom is -0.495 e. The van der Waals surface area contributed by atoms with Gasteiger partial charge in [0.25, 0.3) is 0 Å². The van der Waals surface area contributed by atoms with E-state index in [1.807, 2.05) is 36.4 Å². The lowest BCUT2D eigenvalue weighted by Gasteiger charge is -2.09. The SMILES string of the molecule is CCCCCCCCCCCCc1ccc(C(=O)CC(=O)Nc2ccccc2OC)cc1. The molecule has 0 aliphatic carbocycles. The van der Waals surface area contributed by atoms with Gasteiger partial charge < -0.3 is 10.1 Å². The van der Waals surface area contributed by atoms with E-state index in [-0.39, 0.29) is 18.1 Å². The third-order valence-electron chi connectivity index (χ3n) is 5.80. The number of unbranched alkanes of at least 4 members (excludes halogenated alkanes) is 9. The monoisotopic (exact) mass is 437 g/mol. The number of Topliss-reactive ketones (excluding diaryl/α,β-unsaturated/α-hetero) is 1. The quantitative estimate of drug-likeness (QED) is 0.169. The largest absolute Gasteiger partial charge is 0.495 e. The number of amides is 1. The van der Waals surface area contributed by atoms with Crippen molar-refractivity contribution in [1.82, 2.24) is 0 Å². The number of ketones is 1. The Morgan fingerprint density at radius 1 is 0.781 bits per heavy atom. The number of hydrogen-bond acceptors (Lipinski definition) is 3. The molecule has 0 fully saturated rings. The predicted octanol–water partition coefficient (Wildman–Crippen LogP) is 7.37. The topological polar surface area (TPSA) is 55.4 Å². The molecule has 0 unspecified atom stereocenters. The highest BCUT2D eigenvalue weighted by molar-refractivity contribution is 6.11. The first-order chi connectivity index (χ1) is 15.6. The lowest BCUT2D eigenvalue weighted by molar-refractivity contribution is -0.115. The van der Waals surface area contributed by atoms with Crippen LogP contribution >= 0.6 is 0 Å². The van der Waals surface area contributed by atoms with E-state index in [4.69, 9.17) is 4.74 Å². The van der Waals surface area contributed by atoms with Gasteiger partial charge in [-0.05, 0) is 30.5 Å². The second-order valence-electron chi connectivity index (χ2n) is 8.48. The predicted molar refractivity (Wildman–Crippen MR) is 133 cm³/mol. The van der Waals surface area contributed by atoms with Crippen molar-refractivity contribution in [3.8, 4) is 5.75 Å². The number of hydrogen-bond donors (Lipinski definition) is 1. The number of carbonyl (C=O) groups is 2. The van der Waals surface area contributed by atoms with Crippen LogP contribution in [0, 0.1) is 0 Å². The Bertz CT molecular complexity index is 814. The Morgan fingerprint density at radius 3 is 2.00 bits per heavy atom. The first-order valence-corrected chi connectivity index (χ1v) is 12.2. The summed E-state index contributed by atoms with van der Waals surface area (Å²) in [6, 6.07) is 14.9. The van der Waals surface area contributed by atoms with Crippen LogP contribution in [0.1, 0.15) is 93.5 Å². The summed E-state index contributed by atoms with van der Waals surface area (Å²) in [5.74, 6) is 0.0569. The fraction of sp³-hybridized carbons (Fsp3) is 0.500. The minimum absolute atomic E-state index is 0.178. The van der Waals surface area contributed by atoms with E-state index < -0.39 is 0 Å². The summed E-state index contributed by atoms with van der Waals surface area (Å²) in [6.45, 7) is 2.26. The smallest absolute Gasteiger partial charge is 0.232 e. The average molecular weight is 438 g/mol. The molecule has 1 amide bonds. The van der Waals surface area contributed by atoms with Gasteiger partial charge in [-0.2, -0.15) is 0 Å². The molecule has 4 heteroatoms. The van der Waals surface area contributed by atoms with E-state index in [1.54, 1.807) is 19.2 Å². The zero-order valence-corrected chi connectivity index (χ0v) is 19.8. The van der Waals surface area contributed by atoms with E-state index in [0.717, 1.165) is 6.42 Å². The summed E-state index contributed by atoms with van der Waals surface area (Å²) in [7, 11) is 1.55. The van der Waals surface area contributed by atoms with Gasteiger partial charge in [0.15, 0.2) is 5.78 Å². The van der Waals surface area contributed by atoms with E-state index in [9.17, 15) is 9.59 Å². The number of methoxy groups -OCH3 is 1. The van der Waals surface area contributed by atoms with Crippen LogP contribution in [-0.4, -0.2) is 18.8 Å². The summed E-state index contributed by atoms with van der Waals surface area (Å²) >= 11 is 0. The number of nitrogens with one attached hydrogen (secondary N) is 1. The molecule has 0 bridgehead atoms. The standard InChI is InChI=1S/C28H39NO3/c1-3-4-5-6-7-8-9-10-11-12-15-23-18-20-24(21-19-23)26(30)22-28(31)29-25-16-13-14-17-27(25)32-2/h13-14,16-21H,3-12,15,22H2,1-2H3,(H,29,31). The molecule has 0 saturated carbocycles. The highest BCUT2D eigenvalue weighted by Gasteiger charge is 2.13. The number of anilines is 1. The summed E-state index contributed by atoms with van der Waals surface area (Å²) < 4.78 is 5.23. The van der Waals surface area contributed by atoms with E-state index >= 15 is 0 Å². The second-order valence-corrected chi connectivity index (χ2v) is 8.48. The molecule has 0 saturated heterocycles.